The van der Waals surface area contributed by atoms with Gasteiger partial charge in [-0.05, 0) is 101 Å². The minimum absolute atomic E-state index is 0.228. The molecule has 0 bridgehead atoms. The molecule has 0 aliphatic carbocycles. The lowest BCUT2D eigenvalue weighted by molar-refractivity contribution is -0.0650. The average molecular weight is 743 g/mol. The molecular formula is C42H64F2N4O5. The first-order chi connectivity index (χ1) is 25.8. The van der Waals surface area contributed by atoms with Gasteiger partial charge in [-0.1, -0.05) is 64.2 Å². The number of piperidine rings is 2. The zero-order valence-corrected chi connectivity index (χ0v) is 31.8. The standard InChI is InChI=1S/C42H64F2N4O5/c43-37-31-33(15-17-39(37)49)41(51)45-23-11-7-3-1-5-9-13-25-47-27-19-35(20-28-47)53-36-21-29-48(30-22-36)26-14-10-6-2-4-8-12-24-46-42(52)34-16-18-40(50)38(44)32-34/h15-18,31-32,35-36,49-50H,1-14,19-30H2,(H,45,51)(H,46,52). The van der Waals surface area contributed by atoms with E-state index < -0.39 is 23.1 Å². The van der Waals surface area contributed by atoms with E-state index in [1.807, 2.05) is 0 Å². The molecule has 53 heavy (non-hydrogen) atoms. The molecule has 2 heterocycles. The van der Waals surface area contributed by atoms with E-state index in [9.17, 15) is 28.6 Å². The second kappa shape index (κ2) is 24.2. The number of nitrogens with one attached hydrogen (secondary N) is 2. The van der Waals surface area contributed by atoms with Crippen molar-refractivity contribution in [1.29, 1.82) is 0 Å². The number of carbonyl (C=O) groups excluding carboxylic acids is 2. The number of hydrogen-bond donors (Lipinski definition) is 4. The summed E-state index contributed by atoms with van der Waals surface area (Å²) in [6.45, 7) is 8.10. The van der Waals surface area contributed by atoms with Crippen LogP contribution < -0.4 is 10.6 Å². The van der Waals surface area contributed by atoms with Crippen LogP contribution in [0.2, 0.25) is 0 Å². The first-order valence-electron chi connectivity index (χ1n) is 20.4. The Morgan fingerprint density at radius 2 is 0.906 bits per heavy atom. The van der Waals surface area contributed by atoms with Gasteiger partial charge in [-0.25, -0.2) is 8.78 Å². The number of ether oxygens (including phenoxy) is 1. The van der Waals surface area contributed by atoms with Crippen molar-refractivity contribution in [1.82, 2.24) is 20.4 Å². The monoisotopic (exact) mass is 742 g/mol. The molecule has 2 amide bonds. The minimum atomic E-state index is -0.780. The maximum Gasteiger partial charge on any atom is 0.251 e. The summed E-state index contributed by atoms with van der Waals surface area (Å²) >= 11 is 0. The van der Waals surface area contributed by atoms with Crippen LogP contribution >= 0.6 is 0 Å². The third-order valence-electron chi connectivity index (χ3n) is 10.7. The van der Waals surface area contributed by atoms with Crippen molar-refractivity contribution in [2.45, 2.75) is 128 Å². The van der Waals surface area contributed by atoms with Crippen LogP contribution in [0.15, 0.2) is 36.4 Å². The number of carbonyl (C=O) groups is 2. The maximum absolute atomic E-state index is 13.4. The van der Waals surface area contributed by atoms with Gasteiger partial charge in [0.1, 0.15) is 0 Å². The third kappa shape index (κ3) is 16.3. The van der Waals surface area contributed by atoms with Crippen LogP contribution in [0.1, 0.15) is 136 Å². The topological polar surface area (TPSA) is 114 Å². The molecule has 0 radical (unpaired) electrons. The lowest BCUT2D eigenvalue weighted by atomic mass is 10.0. The smallest absolute Gasteiger partial charge is 0.251 e. The molecule has 2 aliphatic rings. The summed E-state index contributed by atoms with van der Waals surface area (Å²) in [4.78, 5) is 29.4. The summed E-state index contributed by atoms with van der Waals surface area (Å²) in [5.41, 5.74) is 0.457. The van der Waals surface area contributed by atoms with Crippen LogP contribution in [-0.4, -0.2) is 96.4 Å². The lowest BCUT2D eigenvalue weighted by Gasteiger charge is -2.37. The Morgan fingerprint density at radius 3 is 1.26 bits per heavy atom. The van der Waals surface area contributed by atoms with Crippen molar-refractivity contribution in [3.63, 3.8) is 0 Å². The zero-order valence-electron chi connectivity index (χ0n) is 31.8. The first-order valence-corrected chi connectivity index (χ1v) is 20.4. The predicted octanol–water partition coefficient (Wildman–Crippen LogP) is 7.94. The van der Waals surface area contributed by atoms with Crippen LogP contribution in [0.4, 0.5) is 8.78 Å². The van der Waals surface area contributed by atoms with Gasteiger partial charge in [0, 0.05) is 50.4 Å². The molecule has 2 aliphatic heterocycles. The van der Waals surface area contributed by atoms with E-state index in [4.69, 9.17) is 4.74 Å². The van der Waals surface area contributed by atoms with E-state index in [-0.39, 0.29) is 22.9 Å². The third-order valence-corrected chi connectivity index (χ3v) is 10.7. The Morgan fingerprint density at radius 1 is 0.566 bits per heavy atom. The Labute approximate surface area is 315 Å². The van der Waals surface area contributed by atoms with Crippen molar-refractivity contribution >= 4 is 11.8 Å². The Kier molecular flexibility index (Phi) is 19.4. The molecule has 9 nitrogen and oxygen atoms in total. The van der Waals surface area contributed by atoms with Gasteiger partial charge >= 0.3 is 0 Å². The number of phenolic OH excluding ortho intramolecular Hbond substituents is 2. The van der Waals surface area contributed by atoms with Gasteiger partial charge in [0.2, 0.25) is 0 Å². The molecule has 4 N–H and O–H groups in total. The summed E-state index contributed by atoms with van der Waals surface area (Å²) in [6, 6.07) is 7.38. The van der Waals surface area contributed by atoms with Crippen LogP contribution in [0, 0.1) is 11.6 Å². The number of unbranched alkanes of at least 4 members (excludes halogenated alkanes) is 12. The van der Waals surface area contributed by atoms with E-state index >= 15 is 0 Å². The van der Waals surface area contributed by atoms with E-state index in [0.717, 1.165) is 103 Å². The van der Waals surface area contributed by atoms with E-state index in [2.05, 4.69) is 20.4 Å². The molecule has 2 fully saturated rings. The largest absolute Gasteiger partial charge is 0.505 e. The fourth-order valence-electron chi connectivity index (χ4n) is 7.40. The first kappa shape index (κ1) is 42.5. The number of hydrogen-bond acceptors (Lipinski definition) is 7. The quantitative estimate of drug-likeness (QED) is 0.0808. The van der Waals surface area contributed by atoms with Gasteiger partial charge in [-0.15, -0.1) is 0 Å². The fourth-order valence-corrected chi connectivity index (χ4v) is 7.40. The molecular weight excluding hydrogens is 678 g/mol. The van der Waals surface area contributed by atoms with Gasteiger partial charge in [0.25, 0.3) is 11.8 Å². The Bertz CT molecular complexity index is 1260. The van der Waals surface area contributed by atoms with Gasteiger partial charge in [-0.3, -0.25) is 9.59 Å². The van der Waals surface area contributed by atoms with Crippen molar-refractivity contribution in [2.75, 3.05) is 52.4 Å². The minimum Gasteiger partial charge on any atom is -0.505 e. The summed E-state index contributed by atoms with van der Waals surface area (Å²) in [5.74, 6) is -3.07. The second-order valence-corrected chi connectivity index (χ2v) is 15.0. The number of amides is 2. The molecule has 2 saturated heterocycles. The number of aromatic hydroxyl groups is 2. The highest BCUT2D eigenvalue weighted by Gasteiger charge is 2.25. The van der Waals surface area contributed by atoms with Crippen molar-refractivity contribution < 1.29 is 33.3 Å². The molecule has 0 unspecified atom stereocenters. The highest BCUT2D eigenvalue weighted by Crippen LogP contribution is 2.22. The van der Waals surface area contributed by atoms with Crippen LogP contribution in [-0.2, 0) is 4.74 Å². The number of likely N-dealkylation sites (tertiary alicyclic amines) is 2. The second-order valence-electron chi connectivity index (χ2n) is 15.0. The number of halogens is 2. The lowest BCUT2D eigenvalue weighted by Crippen LogP contribution is -2.42. The maximum atomic E-state index is 13.4. The van der Waals surface area contributed by atoms with Crippen LogP contribution in [0.5, 0.6) is 11.5 Å². The van der Waals surface area contributed by atoms with E-state index in [1.54, 1.807) is 0 Å². The molecule has 11 heteroatoms. The van der Waals surface area contributed by atoms with Crippen molar-refractivity contribution in [2.24, 2.45) is 0 Å². The normalized spacial score (nSPS) is 16.2. The molecule has 296 valence electrons. The highest BCUT2D eigenvalue weighted by atomic mass is 19.1. The van der Waals surface area contributed by atoms with E-state index in [1.165, 1.54) is 88.7 Å². The number of rotatable bonds is 24. The Hall–Kier alpha value is -3.28. The summed E-state index contributed by atoms with van der Waals surface area (Å²) in [5, 5.41) is 24.2. The fraction of sp³-hybridized carbons (Fsp3) is 0.667. The number of nitrogens with zero attached hydrogens (tertiary/aromatic N) is 2. The Balaban J connectivity index is 0.883. The van der Waals surface area contributed by atoms with Gasteiger partial charge in [0.15, 0.2) is 23.1 Å². The van der Waals surface area contributed by atoms with Gasteiger partial charge in [-0.2, -0.15) is 0 Å². The van der Waals surface area contributed by atoms with Crippen LogP contribution in [0.25, 0.3) is 0 Å². The zero-order chi connectivity index (χ0) is 37.7. The molecule has 0 aromatic heterocycles. The molecule has 0 saturated carbocycles. The summed E-state index contributed by atoms with van der Waals surface area (Å²) in [7, 11) is 0. The van der Waals surface area contributed by atoms with Gasteiger partial charge < -0.3 is 35.4 Å². The average Bonchev–Trinajstić information content (AvgIpc) is 3.16. The van der Waals surface area contributed by atoms with Crippen molar-refractivity contribution in [3.8, 4) is 11.5 Å². The molecule has 4 rings (SSSR count). The SMILES string of the molecule is O=C(NCCCCCCCCCN1CCC(OC2CCN(CCCCCCCCCNC(=O)c3ccc(O)c(F)c3)CC2)CC1)c1ccc(O)c(F)c1. The highest BCUT2D eigenvalue weighted by molar-refractivity contribution is 5.94. The molecule has 2 aromatic carbocycles. The number of phenols is 2. The summed E-state index contributed by atoms with van der Waals surface area (Å²) in [6.07, 6.45) is 21.7. The molecule has 2 aromatic rings. The van der Waals surface area contributed by atoms with E-state index in [0.29, 0.717) is 25.3 Å². The molecule has 0 atom stereocenters. The van der Waals surface area contributed by atoms with Crippen LogP contribution in [0.3, 0.4) is 0 Å². The predicted molar refractivity (Wildman–Crippen MR) is 205 cm³/mol. The number of benzene rings is 2. The van der Waals surface area contributed by atoms with Crippen molar-refractivity contribution in [3.05, 3.63) is 59.2 Å². The summed E-state index contributed by atoms with van der Waals surface area (Å²) < 4.78 is 33.4. The molecule has 0 spiro atoms. The van der Waals surface area contributed by atoms with Gasteiger partial charge in [0.05, 0.1) is 12.2 Å².